The Morgan fingerprint density at radius 3 is 2.75 bits per heavy atom. The van der Waals surface area contributed by atoms with Crippen LogP contribution in [0.5, 0.6) is 5.75 Å². The van der Waals surface area contributed by atoms with Gasteiger partial charge in [0.15, 0.2) is 11.5 Å². The molecular weight excluding hydrogens is 282 g/mol. The minimum atomic E-state index is -1.05. The molecule has 0 spiro atoms. The number of nitrogens with zero attached hydrogens (tertiary/aromatic N) is 3. The summed E-state index contributed by atoms with van der Waals surface area (Å²) in [6.07, 6.45) is 1.41. The van der Waals surface area contributed by atoms with Gasteiger partial charge < -0.3 is 10.2 Å². The number of fused-ring (bicyclic) bond motifs is 1. The number of hydrogen-bond acceptors (Lipinski definition) is 4. The fraction of sp³-hybridized carbons (Fsp3) is 0. The highest BCUT2D eigenvalue weighted by atomic mass is 35.5. The fourth-order valence-electron chi connectivity index (χ4n) is 1.89. The van der Waals surface area contributed by atoms with Crippen molar-refractivity contribution in [2.75, 3.05) is 0 Å². The van der Waals surface area contributed by atoms with Gasteiger partial charge in [-0.2, -0.15) is 0 Å². The molecule has 3 rings (SSSR count). The van der Waals surface area contributed by atoms with E-state index in [1.165, 1.54) is 34.9 Å². The Hall–Kier alpha value is -2.60. The van der Waals surface area contributed by atoms with Gasteiger partial charge in [-0.05, 0) is 30.3 Å². The lowest BCUT2D eigenvalue weighted by Gasteiger charge is -2.04. The lowest BCUT2D eigenvalue weighted by atomic mass is 10.2. The first-order chi connectivity index (χ1) is 9.56. The van der Waals surface area contributed by atoms with E-state index < -0.39 is 5.97 Å². The van der Waals surface area contributed by atoms with Crippen molar-refractivity contribution in [3.63, 3.8) is 0 Å². The Morgan fingerprint density at radius 2 is 2.00 bits per heavy atom. The van der Waals surface area contributed by atoms with E-state index in [0.717, 1.165) is 0 Å². The summed E-state index contributed by atoms with van der Waals surface area (Å²) < 4.78 is 1.52. The molecule has 2 aromatic heterocycles. The summed E-state index contributed by atoms with van der Waals surface area (Å²) in [6.45, 7) is 0. The molecule has 20 heavy (non-hydrogen) atoms. The lowest BCUT2D eigenvalue weighted by molar-refractivity contribution is 0.0696. The number of halogens is 1. The maximum Gasteiger partial charge on any atom is 0.337 e. The van der Waals surface area contributed by atoms with Crippen LogP contribution in [0, 0.1) is 0 Å². The van der Waals surface area contributed by atoms with Gasteiger partial charge in [0.25, 0.3) is 0 Å². The quantitative estimate of drug-likeness (QED) is 0.756. The van der Waals surface area contributed by atoms with Crippen LogP contribution in [0.2, 0.25) is 5.02 Å². The summed E-state index contributed by atoms with van der Waals surface area (Å²) in [5.41, 5.74) is 1.07. The van der Waals surface area contributed by atoms with E-state index in [1.807, 2.05) is 0 Å². The predicted octanol–water partition coefficient (Wildman–Crippen LogP) is 2.45. The smallest absolute Gasteiger partial charge is 0.337 e. The van der Waals surface area contributed by atoms with E-state index in [9.17, 15) is 9.90 Å². The number of aromatic nitrogens is 3. The Kier molecular flexibility index (Phi) is 2.80. The van der Waals surface area contributed by atoms with Crippen molar-refractivity contribution in [3.05, 3.63) is 47.1 Å². The highest BCUT2D eigenvalue weighted by Crippen LogP contribution is 2.30. The van der Waals surface area contributed by atoms with Crippen molar-refractivity contribution in [2.45, 2.75) is 0 Å². The van der Waals surface area contributed by atoms with E-state index in [4.69, 9.17) is 16.7 Å². The Labute approximate surface area is 117 Å². The molecule has 0 atom stereocenters. The van der Waals surface area contributed by atoms with Crippen LogP contribution >= 0.6 is 11.6 Å². The van der Waals surface area contributed by atoms with Crippen LogP contribution in [-0.2, 0) is 0 Å². The fourth-order valence-corrected chi connectivity index (χ4v) is 2.09. The Balaban J connectivity index is 2.28. The molecule has 0 unspecified atom stereocenters. The molecule has 0 fully saturated rings. The number of hydrogen-bond donors (Lipinski definition) is 2. The number of phenolic OH excluding ortho intramolecular Hbond substituents is 1. The number of phenols is 1. The summed E-state index contributed by atoms with van der Waals surface area (Å²) in [6, 6.07) is 7.44. The zero-order valence-corrected chi connectivity index (χ0v) is 10.7. The molecule has 0 aliphatic heterocycles. The second-order valence-corrected chi connectivity index (χ2v) is 4.55. The summed E-state index contributed by atoms with van der Waals surface area (Å²) in [4.78, 5) is 11.0. The Morgan fingerprint density at radius 1 is 1.20 bits per heavy atom. The molecule has 0 bridgehead atoms. The van der Waals surface area contributed by atoms with Gasteiger partial charge >= 0.3 is 5.97 Å². The highest BCUT2D eigenvalue weighted by molar-refractivity contribution is 6.33. The lowest BCUT2D eigenvalue weighted by Crippen LogP contribution is -1.99. The molecule has 0 radical (unpaired) electrons. The third kappa shape index (κ3) is 1.96. The largest absolute Gasteiger partial charge is 0.508 e. The van der Waals surface area contributed by atoms with Gasteiger partial charge in [-0.3, -0.25) is 4.40 Å². The highest BCUT2D eigenvalue weighted by Gasteiger charge is 2.14. The van der Waals surface area contributed by atoms with E-state index in [0.29, 0.717) is 22.1 Å². The van der Waals surface area contributed by atoms with Gasteiger partial charge in [-0.15, -0.1) is 10.2 Å². The number of rotatable bonds is 2. The van der Waals surface area contributed by atoms with Gasteiger partial charge in [-0.1, -0.05) is 11.6 Å². The SMILES string of the molecule is O=C(O)c1ccc2nnc(-c3cc(O)ccc3Cl)n2c1. The van der Waals surface area contributed by atoms with Crippen molar-refractivity contribution in [1.82, 2.24) is 14.6 Å². The average molecular weight is 290 g/mol. The molecule has 1 aromatic carbocycles. The summed E-state index contributed by atoms with van der Waals surface area (Å²) in [5, 5.41) is 26.9. The normalized spacial score (nSPS) is 10.8. The predicted molar refractivity (Wildman–Crippen MR) is 72.1 cm³/mol. The molecule has 2 N–H and O–H groups in total. The zero-order valence-electron chi connectivity index (χ0n) is 9.99. The van der Waals surface area contributed by atoms with Gasteiger partial charge in [0, 0.05) is 11.8 Å². The first kappa shape index (κ1) is 12.4. The zero-order chi connectivity index (χ0) is 14.3. The molecule has 0 saturated carbocycles. The van der Waals surface area contributed by atoms with E-state index >= 15 is 0 Å². The number of benzene rings is 1. The Bertz CT molecular complexity index is 829. The molecule has 6 nitrogen and oxygen atoms in total. The van der Waals surface area contributed by atoms with Crippen LogP contribution < -0.4 is 0 Å². The molecular formula is C13H8ClN3O3. The van der Waals surface area contributed by atoms with E-state index in [1.54, 1.807) is 6.07 Å². The van der Waals surface area contributed by atoms with Crippen molar-refractivity contribution in [2.24, 2.45) is 0 Å². The second kappa shape index (κ2) is 4.50. The number of aromatic hydroxyl groups is 1. The maximum absolute atomic E-state index is 11.0. The van der Waals surface area contributed by atoms with E-state index in [2.05, 4.69) is 10.2 Å². The van der Waals surface area contributed by atoms with Crippen LogP contribution in [0.25, 0.3) is 17.0 Å². The van der Waals surface area contributed by atoms with Crippen molar-refractivity contribution in [1.29, 1.82) is 0 Å². The molecule has 2 heterocycles. The van der Waals surface area contributed by atoms with Crippen LogP contribution in [-0.4, -0.2) is 30.8 Å². The standard InChI is InChI=1S/C13H8ClN3O3/c14-10-3-2-8(18)5-9(10)12-16-15-11-4-1-7(13(19)20)6-17(11)12/h1-6,18H,(H,19,20). The van der Waals surface area contributed by atoms with Crippen LogP contribution in [0.15, 0.2) is 36.5 Å². The maximum atomic E-state index is 11.0. The minimum absolute atomic E-state index is 0.0375. The van der Waals surface area contributed by atoms with Crippen LogP contribution in [0.1, 0.15) is 10.4 Å². The monoisotopic (exact) mass is 289 g/mol. The number of carboxylic acids is 1. The number of carbonyl (C=O) groups is 1. The van der Waals surface area contributed by atoms with Crippen molar-refractivity contribution in [3.8, 4) is 17.1 Å². The van der Waals surface area contributed by atoms with Gasteiger partial charge in [0.05, 0.1) is 10.6 Å². The van der Waals surface area contributed by atoms with Gasteiger partial charge in [0.1, 0.15) is 5.75 Å². The van der Waals surface area contributed by atoms with Crippen molar-refractivity contribution < 1.29 is 15.0 Å². The number of aromatic carboxylic acids is 1. The molecule has 0 amide bonds. The first-order valence-electron chi connectivity index (χ1n) is 5.63. The third-order valence-electron chi connectivity index (χ3n) is 2.84. The number of pyridine rings is 1. The summed E-state index contributed by atoms with van der Waals surface area (Å²) in [7, 11) is 0. The minimum Gasteiger partial charge on any atom is -0.508 e. The van der Waals surface area contributed by atoms with Crippen LogP contribution in [0.4, 0.5) is 0 Å². The summed E-state index contributed by atoms with van der Waals surface area (Å²) in [5.74, 6) is -0.645. The van der Waals surface area contributed by atoms with Gasteiger partial charge in [-0.25, -0.2) is 4.79 Å². The average Bonchev–Trinajstić information content (AvgIpc) is 2.84. The first-order valence-corrected chi connectivity index (χ1v) is 6.01. The van der Waals surface area contributed by atoms with E-state index in [-0.39, 0.29) is 11.3 Å². The second-order valence-electron chi connectivity index (χ2n) is 4.14. The molecule has 7 heteroatoms. The molecule has 3 aromatic rings. The number of carboxylic acid groups (broad SMARTS) is 1. The topological polar surface area (TPSA) is 87.7 Å². The van der Waals surface area contributed by atoms with Crippen LogP contribution in [0.3, 0.4) is 0 Å². The van der Waals surface area contributed by atoms with Crippen molar-refractivity contribution >= 4 is 23.2 Å². The summed E-state index contributed by atoms with van der Waals surface area (Å²) >= 11 is 6.08. The third-order valence-corrected chi connectivity index (χ3v) is 3.17. The molecule has 0 saturated heterocycles. The molecule has 0 aliphatic carbocycles. The molecule has 0 aliphatic rings. The van der Waals surface area contributed by atoms with Gasteiger partial charge in [0.2, 0.25) is 0 Å². The molecule has 100 valence electrons.